The van der Waals surface area contributed by atoms with Crippen LogP contribution in [-0.4, -0.2) is 46.7 Å². The number of benzene rings is 1. The third kappa shape index (κ3) is 3.91. The molecule has 2 N–H and O–H groups in total. The standard InChI is InChI=1S/C18H18N4O5S/c1-3-27-17(25)12-9-20-18(21-15(12)19)28-13-8-14(23)22(16(13)24)10-4-6-11(26-2)7-5-10/h4-7,9,13H,3,8H2,1-2H3,(H2,19,20,21). The number of nitrogens with zero attached hydrogens (tertiary/aromatic N) is 3. The van der Waals surface area contributed by atoms with E-state index in [4.69, 9.17) is 15.2 Å². The van der Waals surface area contributed by atoms with Crippen molar-refractivity contribution in [2.75, 3.05) is 24.4 Å². The predicted molar refractivity (Wildman–Crippen MR) is 102 cm³/mol. The first-order chi connectivity index (χ1) is 13.4. The average Bonchev–Trinajstić information content (AvgIpc) is 2.95. The van der Waals surface area contributed by atoms with Crippen molar-refractivity contribution in [3.63, 3.8) is 0 Å². The van der Waals surface area contributed by atoms with E-state index in [0.29, 0.717) is 11.4 Å². The van der Waals surface area contributed by atoms with Crippen LogP contribution in [0, 0.1) is 0 Å². The van der Waals surface area contributed by atoms with E-state index in [2.05, 4.69) is 9.97 Å². The molecule has 1 aromatic heterocycles. The molecule has 0 spiro atoms. The maximum atomic E-state index is 12.7. The Bertz CT molecular complexity index is 919. The number of hydrogen-bond acceptors (Lipinski definition) is 9. The third-order valence-electron chi connectivity index (χ3n) is 3.98. The summed E-state index contributed by atoms with van der Waals surface area (Å²) >= 11 is 1.03. The fourth-order valence-corrected chi connectivity index (χ4v) is 3.58. The van der Waals surface area contributed by atoms with E-state index >= 15 is 0 Å². The molecule has 3 rings (SSSR count). The van der Waals surface area contributed by atoms with Gasteiger partial charge in [0.1, 0.15) is 22.4 Å². The van der Waals surface area contributed by atoms with Gasteiger partial charge >= 0.3 is 5.97 Å². The van der Waals surface area contributed by atoms with Gasteiger partial charge in [-0.2, -0.15) is 0 Å². The fraction of sp³-hybridized carbons (Fsp3) is 0.278. The van der Waals surface area contributed by atoms with Gasteiger partial charge in [0.05, 0.1) is 19.4 Å². The minimum Gasteiger partial charge on any atom is -0.497 e. The first-order valence-corrected chi connectivity index (χ1v) is 9.29. The van der Waals surface area contributed by atoms with Crippen molar-refractivity contribution in [1.82, 2.24) is 9.97 Å². The number of methoxy groups -OCH3 is 1. The van der Waals surface area contributed by atoms with E-state index in [1.807, 2.05) is 0 Å². The van der Waals surface area contributed by atoms with Crippen molar-refractivity contribution in [2.45, 2.75) is 23.8 Å². The van der Waals surface area contributed by atoms with Gasteiger partial charge in [0, 0.05) is 12.6 Å². The number of nitrogen functional groups attached to an aromatic ring is 1. The lowest BCUT2D eigenvalue weighted by Gasteiger charge is -2.15. The molecule has 2 aromatic rings. The quantitative estimate of drug-likeness (QED) is 0.436. The number of carbonyl (C=O) groups excluding carboxylic acids is 3. The van der Waals surface area contributed by atoms with Crippen LogP contribution in [0.15, 0.2) is 35.6 Å². The Hall–Kier alpha value is -3.14. The van der Waals surface area contributed by atoms with Gasteiger partial charge in [0.15, 0.2) is 5.16 Å². The van der Waals surface area contributed by atoms with Crippen LogP contribution < -0.4 is 15.4 Å². The molecule has 1 fully saturated rings. The van der Waals surface area contributed by atoms with Crippen molar-refractivity contribution in [2.24, 2.45) is 0 Å². The summed E-state index contributed by atoms with van der Waals surface area (Å²) in [5, 5.41) is -0.476. The van der Waals surface area contributed by atoms with Crippen LogP contribution in [0.1, 0.15) is 23.7 Å². The second kappa shape index (κ2) is 8.26. The summed E-state index contributed by atoms with van der Waals surface area (Å²) in [6.07, 6.45) is 1.27. The van der Waals surface area contributed by atoms with E-state index in [-0.39, 0.29) is 41.4 Å². The molecule has 2 heterocycles. The van der Waals surface area contributed by atoms with Gasteiger partial charge in [-0.05, 0) is 31.2 Å². The highest BCUT2D eigenvalue weighted by atomic mass is 32.2. The zero-order valence-electron chi connectivity index (χ0n) is 15.2. The minimum atomic E-state index is -0.678. The average molecular weight is 402 g/mol. The molecule has 1 atom stereocenters. The lowest BCUT2D eigenvalue weighted by atomic mass is 10.3. The topological polar surface area (TPSA) is 125 Å². The molecular formula is C18H18N4O5S. The molecule has 28 heavy (non-hydrogen) atoms. The molecule has 9 nitrogen and oxygen atoms in total. The Balaban J connectivity index is 1.74. The molecule has 1 aliphatic heterocycles. The molecule has 146 valence electrons. The number of rotatable bonds is 6. The number of carbonyl (C=O) groups is 3. The number of nitrogens with two attached hydrogens (primary N) is 1. The molecule has 10 heteroatoms. The lowest BCUT2D eigenvalue weighted by molar-refractivity contribution is -0.121. The summed E-state index contributed by atoms with van der Waals surface area (Å²) in [7, 11) is 1.53. The normalized spacial score (nSPS) is 16.4. The zero-order valence-corrected chi connectivity index (χ0v) is 16.1. The highest BCUT2D eigenvalue weighted by molar-refractivity contribution is 8.00. The maximum absolute atomic E-state index is 12.7. The molecule has 1 saturated heterocycles. The Morgan fingerprint density at radius 1 is 1.32 bits per heavy atom. The van der Waals surface area contributed by atoms with Crippen LogP contribution in [0.25, 0.3) is 0 Å². The van der Waals surface area contributed by atoms with E-state index < -0.39 is 11.2 Å². The second-order valence-electron chi connectivity index (χ2n) is 5.75. The predicted octanol–water partition coefficient (Wildman–Crippen LogP) is 1.67. The number of esters is 1. The number of anilines is 2. The summed E-state index contributed by atoms with van der Waals surface area (Å²) in [6.45, 7) is 1.88. The Morgan fingerprint density at radius 2 is 2.04 bits per heavy atom. The fourth-order valence-electron chi connectivity index (χ4n) is 2.63. The van der Waals surface area contributed by atoms with Gasteiger partial charge in [0.25, 0.3) is 0 Å². The summed E-state index contributed by atoms with van der Waals surface area (Å²) in [6, 6.07) is 6.64. The van der Waals surface area contributed by atoms with Gasteiger partial charge < -0.3 is 15.2 Å². The Labute approximate surface area is 165 Å². The highest BCUT2D eigenvalue weighted by Crippen LogP contribution is 2.33. The van der Waals surface area contributed by atoms with Crippen LogP contribution in [0.2, 0.25) is 0 Å². The molecule has 1 aromatic carbocycles. The smallest absolute Gasteiger partial charge is 0.343 e. The summed E-state index contributed by atoms with van der Waals surface area (Å²) in [4.78, 5) is 46.1. The SMILES string of the molecule is CCOC(=O)c1cnc(SC2CC(=O)N(c3ccc(OC)cc3)C2=O)nc1N. The van der Waals surface area contributed by atoms with Crippen molar-refractivity contribution in [3.8, 4) is 5.75 Å². The van der Waals surface area contributed by atoms with Crippen LogP contribution in [0.5, 0.6) is 5.75 Å². The van der Waals surface area contributed by atoms with Gasteiger partial charge in [-0.1, -0.05) is 11.8 Å². The minimum absolute atomic E-state index is 0.0123. The molecule has 1 aliphatic rings. The number of hydrogen-bond donors (Lipinski definition) is 1. The monoisotopic (exact) mass is 402 g/mol. The number of thioether (sulfide) groups is 1. The summed E-state index contributed by atoms with van der Waals surface area (Å²) < 4.78 is 9.96. The molecular weight excluding hydrogens is 384 g/mol. The molecule has 1 unspecified atom stereocenters. The molecule has 0 aliphatic carbocycles. The van der Waals surface area contributed by atoms with Gasteiger partial charge in [-0.25, -0.2) is 19.7 Å². The van der Waals surface area contributed by atoms with E-state index in [0.717, 1.165) is 16.7 Å². The zero-order chi connectivity index (χ0) is 20.3. The van der Waals surface area contributed by atoms with Crippen LogP contribution in [-0.2, 0) is 14.3 Å². The van der Waals surface area contributed by atoms with Crippen LogP contribution >= 0.6 is 11.8 Å². The van der Waals surface area contributed by atoms with Gasteiger partial charge in [-0.15, -0.1) is 0 Å². The number of amides is 2. The first-order valence-electron chi connectivity index (χ1n) is 8.41. The van der Waals surface area contributed by atoms with Crippen molar-refractivity contribution < 1.29 is 23.9 Å². The van der Waals surface area contributed by atoms with E-state index in [1.165, 1.54) is 13.3 Å². The van der Waals surface area contributed by atoms with Crippen molar-refractivity contribution in [1.29, 1.82) is 0 Å². The number of imide groups is 1. The van der Waals surface area contributed by atoms with Gasteiger partial charge in [-0.3, -0.25) is 9.59 Å². The van der Waals surface area contributed by atoms with E-state index in [1.54, 1.807) is 31.2 Å². The maximum Gasteiger partial charge on any atom is 0.343 e. The summed E-state index contributed by atoms with van der Waals surface area (Å²) in [5.41, 5.74) is 6.32. The largest absolute Gasteiger partial charge is 0.497 e. The van der Waals surface area contributed by atoms with Crippen LogP contribution in [0.3, 0.4) is 0 Å². The molecule has 0 radical (unpaired) electrons. The lowest BCUT2D eigenvalue weighted by Crippen LogP contribution is -2.31. The Morgan fingerprint density at radius 3 is 2.64 bits per heavy atom. The van der Waals surface area contributed by atoms with Crippen molar-refractivity contribution >= 4 is 41.1 Å². The number of aromatic nitrogens is 2. The Kier molecular flexibility index (Phi) is 5.78. The first kappa shape index (κ1) is 19.6. The molecule has 2 amide bonds. The molecule has 0 bridgehead atoms. The van der Waals surface area contributed by atoms with E-state index in [9.17, 15) is 14.4 Å². The highest BCUT2D eigenvalue weighted by Gasteiger charge is 2.40. The number of ether oxygens (including phenoxy) is 2. The third-order valence-corrected chi connectivity index (χ3v) is 5.04. The van der Waals surface area contributed by atoms with Crippen LogP contribution in [0.4, 0.5) is 11.5 Å². The van der Waals surface area contributed by atoms with Crippen molar-refractivity contribution in [3.05, 3.63) is 36.0 Å². The second-order valence-corrected chi connectivity index (χ2v) is 6.92. The summed E-state index contributed by atoms with van der Waals surface area (Å²) in [5.74, 6) is -0.714. The molecule has 0 saturated carbocycles. The van der Waals surface area contributed by atoms with Gasteiger partial charge in [0.2, 0.25) is 11.8 Å².